The second kappa shape index (κ2) is 4.06. The summed E-state index contributed by atoms with van der Waals surface area (Å²) in [5.74, 6) is 4.48. The van der Waals surface area contributed by atoms with E-state index in [0.29, 0.717) is 12.0 Å². The molecule has 2 heterocycles. The molecule has 0 radical (unpaired) electrons. The number of aromatic nitrogens is 2. The Balaban J connectivity index is 2.32. The highest BCUT2D eigenvalue weighted by Gasteiger charge is 2.15. The summed E-state index contributed by atoms with van der Waals surface area (Å²) < 4.78 is 1.11. The summed E-state index contributed by atoms with van der Waals surface area (Å²) >= 11 is 0. The van der Waals surface area contributed by atoms with Gasteiger partial charge in [0, 0.05) is 24.5 Å². The van der Waals surface area contributed by atoms with Crippen LogP contribution in [0.2, 0.25) is 0 Å². The van der Waals surface area contributed by atoms with Crippen LogP contribution >= 0.6 is 0 Å². The van der Waals surface area contributed by atoms with Crippen molar-refractivity contribution in [2.45, 2.75) is 6.42 Å². The van der Waals surface area contributed by atoms with Gasteiger partial charge in [-0.2, -0.15) is 0 Å². The van der Waals surface area contributed by atoms with Crippen LogP contribution in [0.1, 0.15) is 21.7 Å². The van der Waals surface area contributed by atoms with Crippen molar-refractivity contribution in [3.63, 3.8) is 0 Å². The average Bonchev–Trinajstić information content (AvgIpc) is 2.61. The number of carbonyl (C=O) groups is 1. The predicted octanol–water partition coefficient (Wildman–Crippen LogP) is 0.886. The molecule has 5 heteroatoms. The van der Waals surface area contributed by atoms with Crippen LogP contribution in [0.5, 0.6) is 0 Å². The number of nitrogen functional groups attached to an aromatic ring is 1. The monoisotopic (exact) mass is 217 g/mol. The lowest BCUT2D eigenvalue weighted by Crippen LogP contribution is -2.16. The van der Waals surface area contributed by atoms with Crippen molar-refractivity contribution in [2.24, 2.45) is 0 Å². The minimum Gasteiger partial charge on any atom is -0.477 e. The summed E-state index contributed by atoms with van der Waals surface area (Å²) in [5.41, 5.74) is 1.58. The first-order chi connectivity index (χ1) is 7.68. The molecule has 16 heavy (non-hydrogen) atoms. The van der Waals surface area contributed by atoms with Crippen LogP contribution in [0.3, 0.4) is 0 Å². The zero-order chi connectivity index (χ0) is 11.5. The Morgan fingerprint density at radius 3 is 2.88 bits per heavy atom. The van der Waals surface area contributed by atoms with Crippen molar-refractivity contribution in [3.8, 4) is 0 Å². The molecule has 0 atom stereocenters. The van der Waals surface area contributed by atoms with E-state index in [1.165, 1.54) is 6.20 Å². The van der Waals surface area contributed by atoms with Gasteiger partial charge in [-0.1, -0.05) is 6.07 Å². The maximum absolute atomic E-state index is 11.0. The summed E-state index contributed by atoms with van der Waals surface area (Å²) in [4.78, 5) is 15.1. The van der Waals surface area contributed by atoms with Crippen LogP contribution in [0.15, 0.2) is 36.7 Å². The lowest BCUT2D eigenvalue weighted by atomic mass is 10.1. The number of aromatic carboxylic acids is 1. The first-order valence-corrected chi connectivity index (χ1v) is 4.77. The first kappa shape index (κ1) is 10.2. The standard InChI is InChI=1S/C11H11N3O2/c12-14-6-4-8(10(14)11(15)16)7-9-3-1-2-5-13-9/h1-6H,7,12H2,(H,15,16). The third-order valence-corrected chi connectivity index (χ3v) is 2.30. The van der Waals surface area contributed by atoms with E-state index in [9.17, 15) is 4.79 Å². The molecule has 82 valence electrons. The zero-order valence-corrected chi connectivity index (χ0v) is 8.50. The van der Waals surface area contributed by atoms with Crippen LogP contribution in [-0.2, 0) is 6.42 Å². The molecule has 0 unspecified atom stereocenters. The Morgan fingerprint density at radius 1 is 1.44 bits per heavy atom. The summed E-state index contributed by atoms with van der Waals surface area (Å²) in [7, 11) is 0. The number of hydrogen-bond acceptors (Lipinski definition) is 3. The van der Waals surface area contributed by atoms with Crippen molar-refractivity contribution in [2.75, 3.05) is 5.84 Å². The van der Waals surface area contributed by atoms with Crippen molar-refractivity contribution >= 4 is 5.97 Å². The minimum atomic E-state index is -1.03. The van der Waals surface area contributed by atoms with Gasteiger partial charge in [-0.25, -0.2) is 4.79 Å². The molecule has 3 N–H and O–H groups in total. The van der Waals surface area contributed by atoms with Gasteiger partial charge in [0.2, 0.25) is 0 Å². The molecule has 0 fully saturated rings. The SMILES string of the molecule is Nn1ccc(Cc2ccccn2)c1C(=O)O. The quantitative estimate of drug-likeness (QED) is 0.748. The number of nitrogens with two attached hydrogens (primary N) is 1. The van der Waals surface area contributed by atoms with Crippen molar-refractivity contribution < 1.29 is 9.90 Å². The Hall–Kier alpha value is -2.30. The Kier molecular flexibility index (Phi) is 2.59. The maximum atomic E-state index is 11.0. The number of rotatable bonds is 3. The second-order valence-electron chi connectivity index (χ2n) is 3.40. The number of carboxylic acids is 1. The number of pyridine rings is 1. The van der Waals surface area contributed by atoms with Crippen molar-refractivity contribution in [1.82, 2.24) is 9.66 Å². The molecule has 0 aliphatic carbocycles. The zero-order valence-electron chi connectivity index (χ0n) is 8.50. The molecular weight excluding hydrogens is 206 g/mol. The summed E-state index contributed by atoms with van der Waals surface area (Å²) in [6.45, 7) is 0. The number of carboxylic acid groups (broad SMARTS) is 1. The lowest BCUT2D eigenvalue weighted by Gasteiger charge is -2.02. The van der Waals surface area contributed by atoms with Gasteiger partial charge in [0.25, 0.3) is 0 Å². The Bertz CT molecular complexity index is 505. The summed E-state index contributed by atoms with van der Waals surface area (Å²) in [6, 6.07) is 7.22. The van der Waals surface area contributed by atoms with E-state index < -0.39 is 5.97 Å². The summed E-state index contributed by atoms with van der Waals surface area (Å²) in [5, 5.41) is 8.99. The molecule has 0 amide bonds. The molecule has 0 spiro atoms. The molecule has 0 aromatic carbocycles. The molecule has 0 bridgehead atoms. The highest BCUT2D eigenvalue weighted by Crippen LogP contribution is 2.13. The highest BCUT2D eigenvalue weighted by atomic mass is 16.4. The van der Waals surface area contributed by atoms with Crippen LogP contribution in [-0.4, -0.2) is 20.7 Å². The van der Waals surface area contributed by atoms with Gasteiger partial charge in [0.15, 0.2) is 5.69 Å². The lowest BCUT2D eigenvalue weighted by molar-refractivity contribution is 0.0686. The molecular formula is C11H11N3O2. The molecule has 2 aromatic heterocycles. The third kappa shape index (κ3) is 1.88. The van der Waals surface area contributed by atoms with Crippen molar-refractivity contribution in [1.29, 1.82) is 0 Å². The fraction of sp³-hybridized carbons (Fsp3) is 0.0909. The molecule has 5 nitrogen and oxygen atoms in total. The van der Waals surface area contributed by atoms with Crippen LogP contribution in [0.4, 0.5) is 0 Å². The largest absolute Gasteiger partial charge is 0.477 e. The third-order valence-electron chi connectivity index (χ3n) is 2.30. The molecule has 0 saturated carbocycles. The fourth-order valence-electron chi connectivity index (χ4n) is 1.58. The van der Waals surface area contributed by atoms with Gasteiger partial charge >= 0.3 is 5.97 Å². The Labute approximate surface area is 92.1 Å². The van der Waals surface area contributed by atoms with Gasteiger partial charge in [0.05, 0.1) is 0 Å². The van der Waals surface area contributed by atoms with E-state index in [2.05, 4.69) is 4.98 Å². The minimum absolute atomic E-state index is 0.102. The summed E-state index contributed by atoms with van der Waals surface area (Å²) in [6.07, 6.45) is 3.67. The second-order valence-corrected chi connectivity index (χ2v) is 3.40. The Morgan fingerprint density at radius 2 is 2.25 bits per heavy atom. The van der Waals surface area contributed by atoms with Gasteiger partial charge in [0.1, 0.15) is 0 Å². The topological polar surface area (TPSA) is 81.1 Å². The smallest absolute Gasteiger partial charge is 0.354 e. The highest BCUT2D eigenvalue weighted by molar-refractivity contribution is 5.87. The molecule has 2 rings (SSSR count). The van der Waals surface area contributed by atoms with E-state index in [0.717, 1.165) is 10.4 Å². The van der Waals surface area contributed by atoms with E-state index in [1.54, 1.807) is 12.3 Å². The number of nitrogens with zero attached hydrogens (tertiary/aromatic N) is 2. The van der Waals surface area contributed by atoms with Crippen molar-refractivity contribution in [3.05, 3.63) is 53.6 Å². The van der Waals surface area contributed by atoms with Gasteiger partial charge in [-0.15, -0.1) is 0 Å². The maximum Gasteiger partial charge on any atom is 0.354 e. The van der Waals surface area contributed by atoms with Gasteiger partial charge in [-0.05, 0) is 23.8 Å². The first-order valence-electron chi connectivity index (χ1n) is 4.77. The van der Waals surface area contributed by atoms with E-state index in [4.69, 9.17) is 10.9 Å². The molecule has 0 aliphatic heterocycles. The van der Waals surface area contributed by atoms with E-state index in [-0.39, 0.29) is 5.69 Å². The van der Waals surface area contributed by atoms with Crippen LogP contribution in [0.25, 0.3) is 0 Å². The van der Waals surface area contributed by atoms with Crippen LogP contribution in [0, 0.1) is 0 Å². The van der Waals surface area contributed by atoms with E-state index in [1.807, 2.05) is 18.2 Å². The fourth-order valence-corrected chi connectivity index (χ4v) is 1.58. The van der Waals surface area contributed by atoms with Crippen LogP contribution < -0.4 is 5.84 Å². The molecule has 0 aliphatic rings. The molecule has 2 aromatic rings. The average molecular weight is 217 g/mol. The van der Waals surface area contributed by atoms with E-state index >= 15 is 0 Å². The predicted molar refractivity (Wildman–Crippen MR) is 58.6 cm³/mol. The molecule has 0 saturated heterocycles. The van der Waals surface area contributed by atoms with Gasteiger partial charge in [-0.3, -0.25) is 9.66 Å². The van der Waals surface area contributed by atoms with Gasteiger partial charge < -0.3 is 10.9 Å². The normalized spacial score (nSPS) is 10.2. The number of hydrogen-bond donors (Lipinski definition) is 2.